The number of guanidine groups is 1. The number of hydrogen-bond acceptors (Lipinski definition) is 2. The van der Waals surface area contributed by atoms with Gasteiger partial charge < -0.3 is 15.0 Å². The highest BCUT2D eigenvalue weighted by Crippen LogP contribution is 2.25. The number of nitrogens with zero attached hydrogens (tertiary/aromatic N) is 2. The van der Waals surface area contributed by atoms with E-state index in [1.807, 2.05) is 25.2 Å². The van der Waals surface area contributed by atoms with Crippen molar-refractivity contribution in [3.05, 3.63) is 34.9 Å². The van der Waals surface area contributed by atoms with Gasteiger partial charge >= 0.3 is 0 Å². The minimum atomic E-state index is 0.229. The van der Waals surface area contributed by atoms with Crippen molar-refractivity contribution in [3.8, 4) is 0 Å². The summed E-state index contributed by atoms with van der Waals surface area (Å²) in [5.74, 6) is 0.887. The quantitative estimate of drug-likeness (QED) is 0.684. The van der Waals surface area contributed by atoms with Crippen LogP contribution in [0.25, 0.3) is 0 Å². The first-order valence-electron chi connectivity index (χ1n) is 6.76. The molecule has 1 aromatic carbocycles. The van der Waals surface area contributed by atoms with Crippen molar-refractivity contribution >= 4 is 17.6 Å². The average Bonchev–Trinajstić information content (AvgIpc) is 2.37. The van der Waals surface area contributed by atoms with Crippen LogP contribution in [0.5, 0.6) is 0 Å². The van der Waals surface area contributed by atoms with Crippen molar-refractivity contribution in [2.45, 2.75) is 13.5 Å². The summed E-state index contributed by atoms with van der Waals surface area (Å²) in [6.07, 6.45) is 0. The summed E-state index contributed by atoms with van der Waals surface area (Å²) in [7, 11) is 3.83. The van der Waals surface area contributed by atoms with Gasteiger partial charge in [0.25, 0.3) is 0 Å². The molecule has 110 valence electrons. The molecule has 1 saturated heterocycles. The Morgan fingerprint density at radius 2 is 2.25 bits per heavy atom. The highest BCUT2D eigenvalue weighted by Gasteiger charge is 2.33. The van der Waals surface area contributed by atoms with Gasteiger partial charge in [0.05, 0.1) is 13.2 Å². The molecule has 0 atom stereocenters. The van der Waals surface area contributed by atoms with Gasteiger partial charge in [0.15, 0.2) is 5.96 Å². The Balaban J connectivity index is 1.90. The zero-order valence-corrected chi connectivity index (χ0v) is 13.1. The Kier molecular flexibility index (Phi) is 4.89. The molecule has 1 aliphatic rings. The van der Waals surface area contributed by atoms with Crippen molar-refractivity contribution in [1.82, 2.24) is 10.2 Å². The second kappa shape index (κ2) is 6.46. The van der Waals surface area contributed by atoms with Gasteiger partial charge in [-0.3, -0.25) is 4.99 Å². The molecule has 0 aromatic heterocycles. The number of nitrogens with one attached hydrogen (secondary N) is 1. The van der Waals surface area contributed by atoms with E-state index in [0.717, 1.165) is 37.3 Å². The molecule has 0 amide bonds. The van der Waals surface area contributed by atoms with Crippen LogP contribution in [0.15, 0.2) is 29.3 Å². The smallest absolute Gasteiger partial charge is 0.193 e. The van der Waals surface area contributed by atoms with Crippen LogP contribution in [0.4, 0.5) is 0 Å². The third kappa shape index (κ3) is 3.87. The first kappa shape index (κ1) is 15.1. The van der Waals surface area contributed by atoms with Gasteiger partial charge in [-0.2, -0.15) is 0 Å². The number of halogens is 1. The van der Waals surface area contributed by atoms with E-state index < -0.39 is 0 Å². The van der Waals surface area contributed by atoms with Crippen LogP contribution in [0.2, 0.25) is 5.02 Å². The van der Waals surface area contributed by atoms with Crippen LogP contribution in [-0.2, 0) is 11.3 Å². The van der Waals surface area contributed by atoms with Crippen LogP contribution in [-0.4, -0.2) is 44.7 Å². The second-order valence-corrected chi connectivity index (χ2v) is 6.13. The second-order valence-electron chi connectivity index (χ2n) is 5.69. The number of hydrogen-bond donors (Lipinski definition) is 1. The molecule has 1 aromatic rings. The van der Waals surface area contributed by atoms with Crippen molar-refractivity contribution < 1.29 is 4.74 Å². The van der Waals surface area contributed by atoms with Crippen molar-refractivity contribution in [2.24, 2.45) is 10.4 Å². The summed E-state index contributed by atoms with van der Waals surface area (Å²) in [4.78, 5) is 6.42. The molecular formula is C15H22ClN3O. The zero-order chi connectivity index (χ0) is 14.6. The number of rotatable bonds is 4. The summed E-state index contributed by atoms with van der Waals surface area (Å²) in [6.45, 7) is 5.49. The lowest BCUT2D eigenvalue weighted by atomic mass is 9.89. The maximum Gasteiger partial charge on any atom is 0.193 e. The van der Waals surface area contributed by atoms with Crippen molar-refractivity contribution in [1.29, 1.82) is 0 Å². The third-order valence-electron chi connectivity index (χ3n) is 3.46. The van der Waals surface area contributed by atoms with Crippen LogP contribution in [0.1, 0.15) is 12.5 Å². The van der Waals surface area contributed by atoms with Gasteiger partial charge in [0, 0.05) is 37.6 Å². The number of ether oxygens (including phenoxy) is 1. The lowest BCUT2D eigenvalue weighted by Crippen LogP contribution is -2.51. The Hall–Kier alpha value is -1.26. The largest absolute Gasteiger partial charge is 0.380 e. The summed E-state index contributed by atoms with van der Waals surface area (Å²) in [6, 6.07) is 7.90. The highest BCUT2D eigenvalue weighted by molar-refractivity contribution is 6.30. The Labute approximate surface area is 125 Å². The highest BCUT2D eigenvalue weighted by atomic mass is 35.5. The molecule has 0 unspecified atom stereocenters. The van der Waals surface area contributed by atoms with E-state index in [2.05, 4.69) is 28.2 Å². The molecule has 20 heavy (non-hydrogen) atoms. The Morgan fingerprint density at radius 3 is 2.80 bits per heavy atom. The molecule has 5 heteroatoms. The third-order valence-corrected chi connectivity index (χ3v) is 3.69. The van der Waals surface area contributed by atoms with Crippen molar-refractivity contribution in [2.75, 3.05) is 33.9 Å². The molecule has 0 radical (unpaired) electrons. The molecule has 1 fully saturated rings. The summed E-state index contributed by atoms with van der Waals surface area (Å²) < 4.78 is 5.26. The molecule has 0 spiro atoms. The first-order valence-corrected chi connectivity index (χ1v) is 7.14. The topological polar surface area (TPSA) is 36.9 Å². The standard InChI is InChI=1S/C15H22ClN3O/c1-15(10-20-11-15)9-18-14(17-2)19(3)8-12-5-4-6-13(16)7-12/h4-7H,8-11H2,1-3H3,(H,17,18). The van der Waals surface area contributed by atoms with E-state index in [9.17, 15) is 0 Å². The molecular weight excluding hydrogens is 274 g/mol. The number of aliphatic imine (C=N–C) groups is 1. The summed E-state index contributed by atoms with van der Waals surface area (Å²) in [5, 5.41) is 4.17. The predicted molar refractivity (Wildman–Crippen MR) is 83.2 cm³/mol. The van der Waals surface area contributed by atoms with Gasteiger partial charge in [0.1, 0.15) is 0 Å². The maximum absolute atomic E-state index is 6.01. The lowest BCUT2D eigenvalue weighted by molar-refractivity contribution is -0.0972. The molecule has 4 nitrogen and oxygen atoms in total. The van der Waals surface area contributed by atoms with E-state index in [0.29, 0.717) is 0 Å². The summed E-state index contributed by atoms with van der Waals surface area (Å²) in [5.41, 5.74) is 1.40. The fourth-order valence-corrected chi connectivity index (χ4v) is 2.43. The van der Waals surface area contributed by atoms with Gasteiger partial charge in [0.2, 0.25) is 0 Å². The number of benzene rings is 1. The van der Waals surface area contributed by atoms with Gasteiger partial charge in [-0.15, -0.1) is 0 Å². The zero-order valence-electron chi connectivity index (χ0n) is 12.3. The fraction of sp³-hybridized carbons (Fsp3) is 0.533. The van der Waals surface area contributed by atoms with E-state index in [4.69, 9.17) is 16.3 Å². The summed E-state index contributed by atoms with van der Waals surface area (Å²) >= 11 is 6.01. The first-order chi connectivity index (χ1) is 9.52. The Bertz CT molecular complexity index is 486. The normalized spacial score (nSPS) is 17.5. The van der Waals surface area contributed by atoms with Gasteiger partial charge in [-0.25, -0.2) is 0 Å². The average molecular weight is 296 g/mol. The van der Waals surface area contributed by atoms with Crippen LogP contribution in [0, 0.1) is 5.41 Å². The van der Waals surface area contributed by atoms with E-state index in [-0.39, 0.29) is 5.41 Å². The molecule has 0 bridgehead atoms. The van der Waals surface area contributed by atoms with Crippen molar-refractivity contribution in [3.63, 3.8) is 0 Å². The van der Waals surface area contributed by atoms with E-state index >= 15 is 0 Å². The Morgan fingerprint density at radius 1 is 1.50 bits per heavy atom. The predicted octanol–water partition coefficient (Wildman–Crippen LogP) is 2.38. The van der Waals surface area contributed by atoms with E-state index in [1.54, 1.807) is 7.05 Å². The maximum atomic E-state index is 6.01. The SMILES string of the molecule is CN=C(NCC1(C)COC1)N(C)Cc1cccc(Cl)c1. The lowest BCUT2D eigenvalue weighted by Gasteiger charge is -2.39. The van der Waals surface area contributed by atoms with Gasteiger partial charge in [-0.1, -0.05) is 30.7 Å². The van der Waals surface area contributed by atoms with Crippen LogP contribution in [0.3, 0.4) is 0 Å². The molecule has 0 saturated carbocycles. The molecule has 1 aliphatic heterocycles. The minimum absolute atomic E-state index is 0.229. The monoisotopic (exact) mass is 295 g/mol. The molecule has 0 aliphatic carbocycles. The van der Waals surface area contributed by atoms with Crippen LogP contribution < -0.4 is 5.32 Å². The van der Waals surface area contributed by atoms with Crippen LogP contribution >= 0.6 is 11.6 Å². The fourth-order valence-electron chi connectivity index (χ4n) is 2.21. The minimum Gasteiger partial charge on any atom is -0.380 e. The molecule has 2 rings (SSSR count). The van der Waals surface area contributed by atoms with E-state index in [1.165, 1.54) is 5.56 Å². The van der Waals surface area contributed by atoms with Gasteiger partial charge in [-0.05, 0) is 17.7 Å². The molecule has 1 heterocycles. The molecule has 1 N–H and O–H groups in total.